The number of carboxylic acids is 1. The fourth-order valence-electron chi connectivity index (χ4n) is 6.35. The highest BCUT2D eigenvalue weighted by Crippen LogP contribution is 2.73. The summed E-state index contributed by atoms with van der Waals surface area (Å²) in [6, 6.07) is 12.3. The van der Waals surface area contributed by atoms with E-state index in [2.05, 4.69) is 20.8 Å². The number of carbonyl (C=O) groups excluding carboxylic acids is 1. The van der Waals surface area contributed by atoms with Gasteiger partial charge in [0.25, 0.3) is 0 Å². The molecule has 5 rings (SSSR count). The highest BCUT2D eigenvalue weighted by atomic mass is 16.5. The minimum absolute atomic E-state index is 0.0642. The first-order valence-corrected chi connectivity index (χ1v) is 10.6. The van der Waals surface area contributed by atoms with E-state index >= 15 is 0 Å². The van der Waals surface area contributed by atoms with E-state index in [1.807, 2.05) is 18.2 Å². The Morgan fingerprint density at radius 3 is 2.47 bits per heavy atom. The van der Waals surface area contributed by atoms with Crippen LogP contribution in [-0.4, -0.2) is 22.5 Å². The quantitative estimate of drug-likeness (QED) is 0.541. The molecule has 4 atom stereocenters. The highest BCUT2D eigenvalue weighted by molar-refractivity contribution is 6.07. The lowest BCUT2D eigenvalue weighted by Crippen LogP contribution is -2.54. The molecule has 2 fully saturated rings. The third kappa shape index (κ3) is 2.33. The molecule has 1 aliphatic heterocycles. The molecule has 2 saturated carbocycles. The van der Waals surface area contributed by atoms with Crippen LogP contribution < -0.4 is 4.74 Å². The second-order valence-corrected chi connectivity index (χ2v) is 9.67. The molecular formula is C26H26O4. The van der Waals surface area contributed by atoms with Crippen LogP contribution in [0, 0.1) is 11.3 Å². The van der Waals surface area contributed by atoms with Gasteiger partial charge in [0.05, 0.1) is 5.56 Å². The van der Waals surface area contributed by atoms with Crippen LogP contribution in [0.5, 0.6) is 5.75 Å². The van der Waals surface area contributed by atoms with E-state index in [1.165, 1.54) is 37.0 Å². The number of ether oxygens (including phenoxy) is 1. The first-order valence-electron chi connectivity index (χ1n) is 10.6. The molecule has 0 spiro atoms. The maximum Gasteiger partial charge on any atom is 0.335 e. The molecule has 2 aromatic carbocycles. The zero-order chi connectivity index (χ0) is 21.3. The number of fused-ring (bicyclic) bond motifs is 7. The Labute approximate surface area is 176 Å². The van der Waals surface area contributed by atoms with E-state index in [4.69, 9.17) is 9.84 Å². The van der Waals surface area contributed by atoms with Crippen LogP contribution in [0.4, 0.5) is 0 Å². The van der Waals surface area contributed by atoms with E-state index in [0.29, 0.717) is 11.5 Å². The molecule has 4 nitrogen and oxygen atoms in total. The number of allylic oxidation sites excluding steroid dienone is 1. The number of rotatable bonds is 4. The van der Waals surface area contributed by atoms with Crippen molar-refractivity contribution in [3.63, 3.8) is 0 Å². The fourth-order valence-corrected chi connectivity index (χ4v) is 6.35. The molecule has 0 amide bonds. The van der Waals surface area contributed by atoms with E-state index in [9.17, 15) is 9.59 Å². The first kappa shape index (κ1) is 19.1. The Balaban J connectivity index is 1.44. The molecule has 30 heavy (non-hydrogen) atoms. The van der Waals surface area contributed by atoms with Crippen molar-refractivity contribution in [3.8, 4) is 5.75 Å². The van der Waals surface area contributed by atoms with E-state index in [0.717, 1.165) is 11.3 Å². The van der Waals surface area contributed by atoms with Gasteiger partial charge in [-0.1, -0.05) is 32.1 Å². The summed E-state index contributed by atoms with van der Waals surface area (Å²) < 4.78 is 6.54. The molecule has 3 aliphatic rings. The third-order valence-electron chi connectivity index (χ3n) is 8.43. The monoisotopic (exact) mass is 402 g/mol. The van der Waals surface area contributed by atoms with Gasteiger partial charge in [0.2, 0.25) is 0 Å². The van der Waals surface area contributed by atoms with Crippen LogP contribution >= 0.6 is 0 Å². The number of hydrogen-bond acceptors (Lipinski definition) is 3. The molecule has 2 bridgehead atoms. The van der Waals surface area contributed by atoms with Crippen LogP contribution in [0.25, 0.3) is 6.08 Å². The van der Waals surface area contributed by atoms with Gasteiger partial charge < -0.3 is 9.84 Å². The summed E-state index contributed by atoms with van der Waals surface area (Å²) in [4.78, 5) is 23.9. The smallest absolute Gasteiger partial charge is 0.335 e. The molecular weight excluding hydrogens is 376 g/mol. The van der Waals surface area contributed by atoms with Crippen molar-refractivity contribution in [1.82, 2.24) is 0 Å². The Hall–Kier alpha value is -2.88. The summed E-state index contributed by atoms with van der Waals surface area (Å²) in [6.45, 7) is 6.96. The molecule has 4 heteroatoms. The minimum atomic E-state index is -0.961. The van der Waals surface area contributed by atoms with Gasteiger partial charge in [-0.2, -0.15) is 0 Å². The SMILES string of the molecule is CC12CCC(C1)C1(C)Oc3ccc(C(=O)C=Cc4ccc(C(=O)O)cc4)cc3C21C. The largest absolute Gasteiger partial charge is 0.486 e. The van der Waals surface area contributed by atoms with Crippen molar-refractivity contribution >= 4 is 17.8 Å². The highest BCUT2D eigenvalue weighted by Gasteiger charge is 2.73. The van der Waals surface area contributed by atoms with Crippen molar-refractivity contribution in [2.75, 3.05) is 0 Å². The zero-order valence-electron chi connectivity index (χ0n) is 17.6. The van der Waals surface area contributed by atoms with Gasteiger partial charge in [-0.05, 0) is 79.5 Å². The van der Waals surface area contributed by atoms with Crippen molar-refractivity contribution in [3.05, 3.63) is 70.8 Å². The molecule has 2 aliphatic carbocycles. The number of benzene rings is 2. The zero-order valence-corrected chi connectivity index (χ0v) is 17.6. The standard InChI is InChI=1S/C26H26O4/c1-24-13-12-19(15-24)26(3)25(24,2)20-14-18(9-11-22(20)30-26)21(27)10-6-16-4-7-17(8-5-16)23(28)29/h4-11,14,19H,12-13,15H2,1-3H3,(H,28,29). The van der Waals surface area contributed by atoms with Crippen LogP contribution in [0.3, 0.4) is 0 Å². The number of carbonyl (C=O) groups is 2. The maximum atomic E-state index is 12.9. The van der Waals surface area contributed by atoms with Gasteiger partial charge in [0.1, 0.15) is 11.4 Å². The third-order valence-corrected chi connectivity index (χ3v) is 8.43. The van der Waals surface area contributed by atoms with Gasteiger partial charge in [-0.25, -0.2) is 4.79 Å². The molecule has 0 aromatic heterocycles. The molecule has 2 aromatic rings. The van der Waals surface area contributed by atoms with Crippen molar-refractivity contribution in [2.24, 2.45) is 11.3 Å². The second kappa shape index (κ2) is 6.07. The fraction of sp³-hybridized carbons (Fsp3) is 0.385. The van der Waals surface area contributed by atoms with E-state index < -0.39 is 5.97 Å². The number of aromatic carboxylic acids is 1. The molecule has 0 saturated heterocycles. The van der Waals surface area contributed by atoms with E-state index in [1.54, 1.807) is 24.3 Å². The first-order chi connectivity index (χ1) is 14.2. The molecule has 154 valence electrons. The molecule has 1 N–H and O–H groups in total. The summed E-state index contributed by atoms with van der Waals surface area (Å²) >= 11 is 0. The number of hydrogen-bond donors (Lipinski definition) is 1. The molecule has 0 radical (unpaired) electrons. The predicted molar refractivity (Wildman–Crippen MR) is 115 cm³/mol. The van der Waals surface area contributed by atoms with Gasteiger partial charge >= 0.3 is 5.97 Å². The number of carboxylic acid groups (broad SMARTS) is 1. The summed E-state index contributed by atoms with van der Waals surface area (Å²) in [5.41, 5.74) is 2.75. The molecule has 1 heterocycles. The summed E-state index contributed by atoms with van der Waals surface area (Å²) in [6.07, 6.45) is 6.88. The van der Waals surface area contributed by atoms with Crippen LogP contribution in [0.1, 0.15) is 71.9 Å². The predicted octanol–water partition coefficient (Wildman–Crippen LogP) is 5.51. The lowest BCUT2D eigenvalue weighted by atomic mass is 9.56. The second-order valence-electron chi connectivity index (χ2n) is 9.67. The minimum Gasteiger partial charge on any atom is -0.486 e. The summed E-state index contributed by atoms with van der Waals surface area (Å²) in [7, 11) is 0. The lowest BCUT2D eigenvalue weighted by molar-refractivity contribution is -0.0260. The Bertz CT molecular complexity index is 1100. The van der Waals surface area contributed by atoms with Gasteiger partial charge in [-0.3, -0.25) is 4.79 Å². The van der Waals surface area contributed by atoms with Gasteiger partial charge in [-0.15, -0.1) is 0 Å². The molecule has 4 unspecified atom stereocenters. The van der Waals surface area contributed by atoms with Crippen molar-refractivity contribution < 1.29 is 19.4 Å². The Kier molecular flexibility index (Phi) is 3.86. The van der Waals surface area contributed by atoms with Crippen LogP contribution in [-0.2, 0) is 5.41 Å². The summed E-state index contributed by atoms with van der Waals surface area (Å²) in [5.74, 6) is 0.456. The average molecular weight is 402 g/mol. The Morgan fingerprint density at radius 1 is 1.07 bits per heavy atom. The normalized spacial score (nSPS) is 33.4. The number of ketones is 1. The van der Waals surface area contributed by atoms with Crippen molar-refractivity contribution in [1.29, 1.82) is 0 Å². The average Bonchev–Trinajstić information content (AvgIpc) is 3.30. The van der Waals surface area contributed by atoms with E-state index in [-0.39, 0.29) is 27.8 Å². The van der Waals surface area contributed by atoms with Crippen LogP contribution in [0.2, 0.25) is 0 Å². The van der Waals surface area contributed by atoms with Crippen molar-refractivity contribution in [2.45, 2.75) is 51.0 Å². The van der Waals surface area contributed by atoms with Crippen LogP contribution in [0.15, 0.2) is 48.5 Å². The summed E-state index contributed by atoms with van der Waals surface area (Å²) in [5, 5.41) is 9.00. The Morgan fingerprint density at radius 2 is 1.77 bits per heavy atom. The van der Waals surface area contributed by atoms with Gasteiger partial charge in [0.15, 0.2) is 5.78 Å². The topological polar surface area (TPSA) is 63.6 Å². The maximum absolute atomic E-state index is 12.9. The lowest BCUT2D eigenvalue weighted by Gasteiger charge is -2.48. The van der Waals surface area contributed by atoms with Gasteiger partial charge in [0, 0.05) is 16.5 Å².